The van der Waals surface area contributed by atoms with Crippen LogP contribution in [-0.2, 0) is 16.0 Å². The van der Waals surface area contributed by atoms with E-state index in [1.165, 1.54) is 18.3 Å². The van der Waals surface area contributed by atoms with Crippen molar-refractivity contribution in [2.24, 2.45) is 0 Å². The third kappa shape index (κ3) is 4.16. The Labute approximate surface area is 91.9 Å². The SMILES string of the molecule is CCc1nnc(NC(=O)CCC(C)=O)s1. The van der Waals surface area contributed by atoms with E-state index in [2.05, 4.69) is 15.5 Å². The first-order chi connectivity index (χ1) is 7.11. The van der Waals surface area contributed by atoms with Crippen molar-refractivity contribution >= 4 is 28.2 Å². The van der Waals surface area contributed by atoms with E-state index < -0.39 is 0 Å². The fourth-order valence-corrected chi connectivity index (χ4v) is 1.61. The number of hydrogen-bond donors (Lipinski definition) is 1. The number of aryl methyl sites for hydroxylation is 1. The number of carbonyl (C=O) groups is 2. The molecular formula is C9H13N3O2S. The molecule has 1 rings (SSSR count). The number of hydrogen-bond acceptors (Lipinski definition) is 5. The number of carbonyl (C=O) groups excluding carboxylic acids is 2. The summed E-state index contributed by atoms with van der Waals surface area (Å²) in [5.41, 5.74) is 0. The molecule has 0 fully saturated rings. The minimum Gasteiger partial charge on any atom is -0.301 e. The van der Waals surface area contributed by atoms with E-state index in [1.54, 1.807) is 0 Å². The zero-order valence-corrected chi connectivity index (χ0v) is 9.56. The zero-order valence-electron chi connectivity index (χ0n) is 8.74. The molecule has 1 heterocycles. The van der Waals surface area contributed by atoms with Gasteiger partial charge in [-0.3, -0.25) is 4.79 Å². The van der Waals surface area contributed by atoms with E-state index in [4.69, 9.17) is 0 Å². The third-order valence-electron chi connectivity index (χ3n) is 1.72. The molecule has 1 aromatic rings. The van der Waals surface area contributed by atoms with E-state index in [-0.39, 0.29) is 24.5 Å². The lowest BCUT2D eigenvalue weighted by molar-refractivity contribution is -0.121. The Morgan fingerprint density at radius 1 is 1.33 bits per heavy atom. The van der Waals surface area contributed by atoms with Crippen molar-refractivity contribution in [3.63, 3.8) is 0 Å². The van der Waals surface area contributed by atoms with Gasteiger partial charge in [-0.1, -0.05) is 18.3 Å². The minimum atomic E-state index is -0.191. The van der Waals surface area contributed by atoms with Crippen LogP contribution in [0.15, 0.2) is 0 Å². The van der Waals surface area contributed by atoms with E-state index in [0.29, 0.717) is 5.13 Å². The van der Waals surface area contributed by atoms with Gasteiger partial charge in [-0.15, -0.1) is 10.2 Å². The van der Waals surface area contributed by atoms with Gasteiger partial charge in [0, 0.05) is 12.8 Å². The molecule has 15 heavy (non-hydrogen) atoms. The number of anilines is 1. The molecule has 0 aliphatic heterocycles. The summed E-state index contributed by atoms with van der Waals surface area (Å²) in [6, 6.07) is 0. The molecule has 0 unspecified atom stereocenters. The maximum atomic E-state index is 11.3. The zero-order chi connectivity index (χ0) is 11.3. The molecule has 0 atom stereocenters. The highest BCUT2D eigenvalue weighted by molar-refractivity contribution is 7.15. The summed E-state index contributed by atoms with van der Waals surface area (Å²) >= 11 is 1.36. The number of nitrogens with one attached hydrogen (secondary N) is 1. The number of amides is 1. The summed E-state index contributed by atoms with van der Waals surface area (Å²) in [5.74, 6) is -0.180. The predicted molar refractivity (Wildman–Crippen MR) is 57.8 cm³/mol. The molecule has 1 amide bonds. The van der Waals surface area contributed by atoms with E-state index in [0.717, 1.165) is 11.4 Å². The van der Waals surface area contributed by atoms with Crippen LogP contribution >= 0.6 is 11.3 Å². The van der Waals surface area contributed by atoms with Crippen molar-refractivity contribution in [3.05, 3.63) is 5.01 Å². The normalized spacial score (nSPS) is 10.0. The molecule has 0 radical (unpaired) electrons. The van der Waals surface area contributed by atoms with Crippen LogP contribution in [0.5, 0.6) is 0 Å². The van der Waals surface area contributed by atoms with Crippen molar-refractivity contribution in [3.8, 4) is 0 Å². The fourth-order valence-electron chi connectivity index (χ4n) is 0.918. The van der Waals surface area contributed by atoms with Crippen LogP contribution in [-0.4, -0.2) is 21.9 Å². The molecule has 1 aromatic heterocycles. The van der Waals surface area contributed by atoms with E-state index >= 15 is 0 Å². The standard InChI is InChI=1S/C9H13N3O2S/c1-3-8-11-12-9(15-8)10-7(14)5-4-6(2)13/h3-5H2,1-2H3,(H,10,12,14). The molecule has 6 heteroatoms. The molecule has 0 aliphatic carbocycles. The molecule has 0 bridgehead atoms. The molecular weight excluding hydrogens is 214 g/mol. The average Bonchev–Trinajstić information content (AvgIpc) is 2.62. The van der Waals surface area contributed by atoms with Gasteiger partial charge in [0.05, 0.1) is 0 Å². The van der Waals surface area contributed by atoms with Gasteiger partial charge in [-0.25, -0.2) is 0 Å². The van der Waals surface area contributed by atoms with E-state index in [9.17, 15) is 9.59 Å². The number of Topliss-reactive ketones (excluding diaryl/α,β-unsaturated/α-hetero) is 1. The largest absolute Gasteiger partial charge is 0.301 e. The quantitative estimate of drug-likeness (QED) is 0.825. The summed E-state index contributed by atoms with van der Waals surface area (Å²) in [6.07, 6.45) is 1.28. The second-order valence-electron chi connectivity index (χ2n) is 3.10. The number of ketones is 1. The van der Waals surface area contributed by atoms with Crippen LogP contribution in [0.25, 0.3) is 0 Å². The number of aromatic nitrogens is 2. The highest BCUT2D eigenvalue weighted by Crippen LogP contribution is 2.15. The van der Waals surface area contributed by atoms with Gasteiger partial charge in [0.25, 0.3) is 0 Å². The Balaban J connectivity index is 2.40. The van der Waals surface area contributed by atoms with Crippen LogP contribution in [0.3, 0.4) is 0 Å². The van der Waals surface area contributed by atoms with Gasteiger partial charge in [0.1, 0.15) is 10.8 Å². The highest BCUT2D eigenvalue weighted by Gasteiger charge is 2.07. The third-order valence-corrected chi connectivity index (χ3v) is 2.70. The van der Waals surface area contributed by atoms with Gasteiger partial charge in [-0.2, -0.15) is 0 Å². The first-order valence-corrected chi connectivity index (χ1v) is 5.55. The molecule has 0 saturated carbocycles. The lowest BCUT2D eigenvalue weighted by Crippen LogP contribution is -2.12. The maximum absolute atomic E-state index is 11.3. The monoisotopic (exact) mass is 227 g/mol. The van der Waals surface area contributed by atoms with Crippen molar-refractivity contribution in [2.45, 2.75) is 33.1 Å². The minimum absolute atomic E-state index is 0.0108. The second-order valence-corrected chi connectivity index (χ2v) is 4.17. The van der Waals surface area contributed by atoms with Gasteiger partial charge in [0.15, 0.2) is 0 Å². The Hall–Kier alpha value is -1.30. The first kappa shape index (κ1) is 11.8. The molecule has 0 aliphatic rings. The molecule has 82 valence electrons. The Bertz CT molecular complexity index is 362. The summed E-state index contributed by atoms with van der Waals surface area (Å²) in [7, 11) is 0. The lowest BCUT2D eigenvalue weighted by atomic mass is 10.2. The smallest absolute Gasteiger partial charge is 0.226 e. The second kappa shape index (κ2) is 5.55. The molecule has 0 aromatic carbocycles. The number of nitrogens with zero attached hydrogens (tertiary/aromatic N) is 2. The summed E-state index contributed by atoms with van der Waals surface area (Å²) < 4.78 is 0. The lowest BCUT2D eigenvalue weighted by Gasteiger charge is -1.97. The molecule has 5 nitrogen and oxygen atoms in total. The van der Waals surface area contributed by atoms with Crippen LogP contribution in [0, 0.1) is 0 Å². The van der Waals surface area contributed by atoms with Gasteiger partial charge in [0.2, 0.25) is 11.0 Å². The summed E-state index contributed by atoms with van der Waals surface area (Å²) in [6.45, 7) is 3.44. The summed E-state index contributed by atoms with van der Waals surface area (Å²) in [5, 5.41) is 11.7. The van der Waals surface area contributed by atoms with Crippen molar-refractivity contribution < 1.29 is 9.59 Å². The van der Waals surface area contributed by atoms with Crippen molar-refractivity contribution in [1.82, 2.24) is 10.2 Å². The van der Waals surface area contributed by atoms with Gasteiger partial charge < -0.3 is 10.1 Å². The molecule has 1 N–H and O–H groups in total. The maximum Gasteiger partial charge on any atom is 0.226 e. The van der Waals surface area contributed by atoms with Crippen LogP contribution in [0.2, 0.25) is 0 Å². The first-order valence-electron chi connectivity index (χ1n) is 4.73. The van der Waals surface area contributed by atoms with Gasteiger partial charge >= 0.3 is 0 Å². The molecule has 0 spiro atoms. The Morgan fingerprint density at radius 3 is 2.60 bits per heavy atom. The summed E-state index contributed by atoms with van der Waals surface area (Å²) in [4.78, 5) is 21.9. The van der Waals surface area contributed by atoms with Crippen LogP contribution < -0.4 is 5.32 Å². The Kier molecular flexibility index (Phi) is 4.36. The van der Waals surface area contributed by atoms with Gasteiger partial charge in [-0.05, 0) is 13.3 Å². The Morgan fingerprint density at radius 2 is 2.07 bits per heavy atom. The fraction of sp³-hybridized carbons (Fsp3) is 0.556. The number of rotatable bonds is 5. The van der Waals surface area contributed by atoms with Crippen LogP contribution in [0.1, 0.15) is 31.7 Å². The van der Waals surface area contributed by atoms with Crippen LogP contribution in [0.4, 0.5) is 5.13 Å². The predicted octanol–water partition coefficient (Wildman–Crippen LogP) is 1.41. The average molecular weight is 227 g/mol. The topological polar surface area (TPSA) is 72.0 Å². The van der Waals surface area contributed by atoms with Crippen molar-refractivity contribution in [1.29, 1.82) is 0 Å². The van der Waals surface area contributed by atoms with E-state index in [1.807, 2.05) is 6.92 Å². The van der Waals surface area contributed by atoms with Crippen molar-refractivity contribution in [2.75, 3.05) is 5.32 Å². The molecule has 0 saturated heterocycles. The highest BCUT2D eigenvalue weighted by atomic mass is 32.1.